The minimum absolute atomic E-state index is 0.186. The minimum atomic E-state index is -0.452. The lowest BCUT2D eigenvalue weighted by atomic mass is 10.1. The third kappa shape index (κ3) is 3.03. The van der Waals surface area contributed by atoms with Gasteiger partial charge in [0.05, 0.1) is 0 Å². The zero-order valence-electron chi connectivity index (χ0n) is 11.4. The van der Waals surface area contributed by atoms with Crippen LogP contribution in [0.3, 0.4) is 0 Å². The molecule has 0 radical (unpaired) electrons. The topological polar surface area (TPSA) is 56.5 Å². The van der Waals surface area contributed by atoms with Crippen molar-refractivity contribution in [3.63, 3.8) is 0 Å². The predicted molar refractivity (Wildman–Crippen MR) is 78.7 cm³/mol. The third-order valence-electron chi connectivity index (χ3n) is 3.13. The number of Topliss-reactive ketones (excluding diaryl/α,β-unsaturated/α-hetero) is 1. The van der Waals surface area contributed by atoms with Crippen LogP contribution in [-0.2, 0) is 0 Å². The smallest absolute Gasteiger partial charge is 0.336 e. The molecule has 5 heteroatoms. The molecule has 0 atom stereocenters. The summed E-state index contributed by atoms with van der Waals surface area (Å²) in [5.41, 5.74) is 0.306. The third-order valence-corrected chi connectivity index (χ3v) is 3.13. The Kier molecular flexibility index (Phi) is 3.70. The monoisotopic (exact) mass is 298 g/mol. The highest BCUT2D eigenvalue weighted by Gasteiger charge is 2.08. The Morgan fingerprint density at radius 1 is 1.05 bits per heavy atom. The van der Waals surface area contributed by atoms with E-state index in [4.69, 9.17) is 9.15 Å². The largest absolute Gasteiger partial charge is 0.485 e. The first-order valence-corrected chi connectivity index (χ1v) is 6.57. The van der Waals surface area contributed by atoms with Crippen LogP contribution in [0.5, 0.6) is 5.75 Å². The highest BCUT2D eigenvalue weighted by atomic mass is 19.1. The SMILES string of the molecule is O=C(COc1ccc2ccc(=O)oc2c1)c1ccc(F)cc1. The van der Waals surface area contributed by atoms with Gasteiger partial charge in [-0.15, -0.1) is 0 Å². The quantitative estimate of drug-likeness (QED) is 0.548. The van der Waals surface area contributed by atoms with Gasteiger partial charge in [-0.1, -0.05) is 0 Å². The summed E-state index contributed by atoms with van der Waals surface area (Å²) in [4.78, 5) is 23.1. The molecular formula is C17H11FO4. The molecule has 3 rings (SSSR count). The lowest BCUT2D eigenvalue weighted by molar-refractivity contribution is 0.0921. The molecule has 0 N–H and O–H groups in total. The van der Waals surface area contributed by atoms with E-state index in [-0.39, 0.29) is 12.4 Å². The number of carbonyl (C=O) groups is 1. The summed E-state index contributed by atoms with van der Waals surface area (Å²) in [5, 5.41) is 0.761. The Hall–Kier alpha value is -2.95. The van der Waals surface area contributed by atoms with Crippen LogP contribution in [0.2, 0.25) is 0 Å². The zero-order valence-corrected chi connectivity index (χ0v) is 11.4. The number of rotatable bonds is 4. The van der Waals surface area contributed by atoms with Gasteiger partial charge in [0.15, 0.2) is 12.4 Å². The van der Waals surface area contributed by atoms with E-state index in [9.17, 15) is 14.0 Å². The number of fused-ring (bicyclic) bond motifs is 1. The van der Waals surface area contributed by atoms with Crippen LogP contribution >= 0.6 is 0 Å². The van der Waals surface area contributed by atoms with E-state index >= 15 is 0 Å². The number of benzene rings is 2. The van der Waals surface area contributed by atoms with Gasteiger partial charge in [-0.25, -0.2) is 9.18 Å². The zero-order chi connectivity index (χ0) is 15.5. The maximum atomic E-state index is 12.8. The fourth-order valence-electron chi connectivity index (χ4n) is 2.00. The molecule has 0 amide bonds. The molecule has 1 aromatic heterocycles. The number of ether oxygens (including phenoxy) is 1. The van der Waals surface area contributed by atoms with Crippen LogP contribution in [0.15, 0.2) is 63.8 Å². The van der Waals surface area contributed by atoms with Crippen LogP contribution in [-0.4, -0.2) is 12.4 Å². The number of halogens is 1. The molecule has 0 spiro atoms. The fourth-order valence-corrected chi connectivity index (χ4v) is 2.00. The molecule has 0 fully saturated rings. The highest BCUT2D eigenvalue weighted by molar-refractivity contribution is 5.97. The van der Waals surface area contributed by atoms with E-state index in [1.165, 1.54) is 30.3 Å². The summed E-state index contributed by atoms with van der Waals surface area (Å²) < 4.78 is 23.2. The van der Waals surface area contributed by atoms with Gasteiger partial charge in [0, 0.05) is 23.1 Å². The molecule has 2 aromatic carbocycles. The average molecular weight is 298 g/mol. The summed E-state index contributed by atoms with van der Waals surface area (Å²) in [6, 6.07) is 13.2. The molecule has 0 aliphatic carbocycles. The van der Waals surface area contributed by atoms with Gasteiger partial charge < -0.3 is 9.15 Å². The first-order chi connectivity index (χ1) is 10.6. The Bertz CT molecular complexity index is 881. The summed E-state index contributed by atoms with van der Waals surface area (Å²) >= 11 is 0. The highest BCUT2D eigenvalue weighted by Crippen LogP contribution is 2.19. The standard InChI is InChI=1S/C17H11FO4/c18-13-5-1-11(2-6-13)15(19)10-21-14-7-3-12-4-8-17(20)22-16(12)9-14/h1-9H,10H2. The lowest BCUT2D eigenvalue weighted by Gasteiger charge is -2.06. The van der Waals surface area contributed by atoms with E-state index in [1.807, 2.05) is 0 Å². The minimum Gasteiger partial charge on any atom is -0.485 e. The van der Waals surface area contributed by atoms with Gasteiger partial charge in [0.25, 0.3) is 0 Å². The van der Waals surface area contributed by atoms with Crippen LogP contribution in [0.4, 0.5) is 4.39 Å². The fraction of sp³-hybridized carbons (Fsp3) is 0.0588. The van der Waals surface area contributed by atoms with Crippen molar-refractivity contribution >= 4 is 16.8 Å². The molecule has 0 aliphatic rings. The normalized spacial score (nSPS) is 10.6. The van der Waals surface area contributed by atoms with E-state index in [2.05, 4.69) is 0 Å². The predicted octanol–water partition coefficient (Wildman–Crippen LogP) is 3.19. The molecule has 22 heavy (non-hydrogen) atoms. The molecule has 110 valence electrons. The van der Waals surface area contributed by atoms with E-state index in [0.29, 0.717) is 16.9 Å². The van der Waals surface area contributed by atoms with Gasteiger partial charge >= 0.3 is 5.63 Å². The van der Waals surface area contributed by atoms with Crippen molar-refractivity contribution in [3.8, 4) is 5.75 Å². The van der Waals surface area contributed by atoms with E-state index < -0.39 is 11.4 Å². The maximum absolute atomic E-state index is 12.8. The molecule has 0 aliphatic heterocycles. The van der Waals surface area contributed by atoms with Crippen molar-refractivity contribution in [3.05, 3.63) is 76.4 Å². The van der Waals surface area contributed by atoms with Crippen molar-refractivity contribution in [1.29, 1.82) is 0 Å². The first-order valence-electron chi connectivity index (χ1n) is 6.57. The van der Waals surface area contributed by atoms with Crippen LogP contribution in [0, 0.1) is 5.82 Å². The lowest BCUT2D eigenvalue weighted by Crippen LogP contribution is -2.11. The Morgan fingerprint density at radius 2 is 1.77 bits per heavy atom. The number of hydrogen-bond acceptors (Lipinski definition) is 4. The molecular weight excluding hydrogens is 287 g/mol. The second-order valence-corrected chi connectivity index (χ2v) is 4.67. The van der Waals surface area contributed by atoms with Gasteiger partial charge in [-0.2, -0.15) is 0 Å². The summed E-state index contributed by atoms with van der Waals surface area (Å²) in [6.07, 6.45) is 0. The molecule has 1 heterocycles. The van der Waals surface area contributed by atoms with Crippen molar-refractivity contribution in [2.24, 2.45) is 0 Å². The summed E-state index contributed by atoms with van der Waals surface area (Å²) in [7, 11) is 0. The van der Waals surface area contributed by atoms with Gasteiger partial charge in [0.1, 0.15) is 17.1 Å². The maximum Gasteiger partial charge on any atom is 0.336 e. The molecule has 0 bridgehead atoms. The molecule has 0 unspecified atom stereocenters. The van der Waals surface area contributed by atoms with Crippen molar-refractivity contribution in [1.82, 2.24) is 0 Å². The number of carbonyl (C=O) groups excluding carboxylic acids is 1. The van der Waals surface area contributed by atoms with Crippen LogP contribution in [0.25, 0.3) is 11.0 Å². The first kappa shape index (κ1) is 14.0. The van der Waals surface area contributed by atoms with Crippen molar-refractivity contribution in [2.45, 2.75) is 0 Å². The average Bonchev–Trinajstić information content (AvgIpc) is 2.53. The molecule has 4 nitrogen and oxygen atoms in total. The second kappa shape index (κ2) is 5.81. The molecule has 0 saturated carbocycles. The molecule has 0 saturated heterocycles. The van der Waals surface area contributed by atoms with Crippen LogP contribution < -0.4 is 10.4 Å². The molecule has 3 aromatic rings. The van der Waals surface area contributed by atoms with E-state index in [1.54, 1.807) is 24.3 Å². The van der Waals surface area contributed by atoms with Crippen molar-refractivity contribution in [2.75, 3.05) is 6.61 Å². The van der Waals surface area contributed by atoms with Crippen molar-refractivity contribution < 1.29 is 18.3 Å². The van der Waals surface area contributed by atoms with Crippen LogP contribution in [0.1, 0.15) is 10.4 Å². The Balaban J connectivity index is 1.74. The Labute approximate surface area is 124 Å². The Morgan fingerprint density at radius 3 is 2.55 bits per heavy atom. The van der Waals surface area contributed by atoms with Gasteiger partial charge in [0.2, 0.25) is 0 Å². The second-order valence-electron chi connectivity index (χ2n) is 4.67. The van der Waals surface area contributed by atoms with E-state index in [0.717, 1.165) is 5.39 Å². The summed E-state index contributed by atoms with van der Waals surface area (Å²) in [6.45, 7) is -0.186. The number of ketones is 1. The van der Waals surface area contributed by atoms with Gasteiger partial charge in [-0.3, -0.25) is 4.79 Å². The number of hydrogen-bond donors (Lipinski definition) is 0. The van der Waals surface area contributed by atoms with Gasteiger partial charge in [-0.05, 0) is 42.5 Å². The summed E-state index contributed by atoms with van der Waals surface area (Å²) in [5.74, 6) is -0.256.